The Bertz CT molecular complexity index is 801. The van der Waals surface area contributed by atoms with Crippen LogP contribution in [0.25, 0.3) is 10.9 Å². The Morgan fingerprint density at radius 2 is 1.85 bits per heavy atom. The molecule has 0 aliphatic heterocycles. The lowest BCUT2D eigenvalue weighted by Crippen LogP contribution is -2.07. The third-order valence-electron chi connectivity index (χ3n) is 3.38. The fraction of sp³-hybridized carbons (Fsp3) is 0.0588. The second-order valence-corrected chi connectivity index (χ2v) is 4.85. The summed E-state index contributed by atoms with van der Waals surface area (Å²) in [6, 6.07) is 15.5. The number of benzene rings is 2. The Morgan fingerprint density at radius 1 is 1.05 bits per heavy atom. The van der Waals surface area contributed by atoms with E-state index in [9.17, 15) is 0 Å². The molecule has 0 aliphatic rings. The van der Waals surface area contributed by atoms with Gasteiger partial charge in [0.2, 0.25) is 0 Å². The van der Waals surface area contributed by atoms with Gasteiger partial charge < -0.3 is 5.73 Å². The predicted octanol–water partition coefficient (Wildman–Crippen LogP) is 3.54. The van der Waals surface area contributed by atoms with Gasteiger partial charge in [0.1, 0.15) is 0 Å². The summed E-state index contributed by atoms with van der Waals surface area (Å²) in [5, 5.41) is 9.50. The summed E-state index contributed by atoms with van der Waals surface area (Å²) in [7, 11) is 0. The molecule has 3 heteroatoms. The van der Waals surface area contributed by atoms with Gasteiger partial charge in [0.15, 0.2) is 0 Å². The molecule has 3 aromatic rings. The quantitative estimate of drug-likeness (QED) is 0.547. The van der Waals surface area contributed by atoms with E-state index in [1.54, 1.807) is 6.20 Å². The van der Waals surface area contributed by atoms with Gasteiger partial charge in [-0.25, -0.2) is 0 Å². The van der Waals surface area contributed by atoms with Gasteiger partial charge >= 0.3 is 0 Å². The lowest BCUT2D eigenvalue weighted by molar-refractivity contribution is 1.38. The predicted molar refractivity (Wildman–Crippen MR) is 83.3 cm³/mol. The molecule has 0 radical (unpaired) electrons. The number of hydrogen-bond donors (Lipinski definition) is 2. The highest BCUT2D eigenvalue weighted by Crippen LogP contribution is 2.22. The van der Waals surface area contributed by atoms with E-state index in [-0.39, 0.29) is 0 Å². The number of anilines is 1. The fourth-order valence-electron chi connectivity index (χ4n) is 2.34. The standard InChI is InChI=1S/C17H15N3/c1-11-7-8-15(18)14(10-11)16(19)13-6-2-4-12-5-3-9-20-17(12)13/h2-10,19H,18H2,1H3. The Labute approximate surface area is 117 Å². The van der Waals surface area contributed by atoms with Crippen molar-refractivity contribution in [2.24, 2.45) is 0 Å². The van der Waals surface area contributed by atoms with Crippen molar-refractivity contribution in [1.82, 2.24) is 4.98 Å². The topological polar surface area (TPSA) is 62.8 Å². The number of hydrogen-bond acceptors (Lipinski definition) is 3. The van der Waals surface area contributed by atoms with Gasteiger partial charge in [-0.3, -0.25) is 10.4 Å². The molecule has 0 bridgehead atoms. The minimum absolute atomic E-state index is 0.413. The zero-order chi connectivity index (χ0) is 14.1. The smallest absolute Gasteiger partial charge is 0.0795 e. The number of pyridine rings is 1. The maximum atomic E-state index is 8.47. The molecule has 3 rings (SSSR count). The van der Waals surface area contributed by atoms with Crippen molar-refractivity contribution in [3.8, 4) is 0 Å². The van der Waals surface area contributed by atoms with Gasteiger partial charge in [-0.1, -0.05) is 35.9 Å². The van der Waals surface area contributed by atoms with Crippen LogP contribution >= 0.6 is 0 Å². The molecule has 1 heterocycles. The first-order valence-corrected chi connectivity index (χ1v) is 6.46. The number of nitrogens with two attached hydrogens (primary N) is 1. The van der Waals surface area contributed by atoms with Crippen LogP contribution in [0.5, 0.6) is 0 Å². The van der Waals surface area contributed by atoms with Crippen molar-refractivity contribution in [2.75, 3.05) is 5.73 Å². The number of nitrogens with zero attached hydrogens (tertiary/aromatic N) is 1. The molecule has 0 spiro atoms. The third kappa shape index (κ3) is 2.03. The first-order chi connectivity index (χ1) is 9.66. The largest absolute Gasteiger partial charge is 0.398 e. The highest BCUT2D eigenvalue weighted by Gasteiger charge is 2.12. The average Bonchev–Trinajstić information content (AvgIpc) is 2.48. The molecular weight excluding hydrogens is 246 g/mol. The number of para-hydroxylation sites is 1. The Kier molecular flexibility index (Phi) is 2.95. The van der Waals surface area contributed by atoms with Crippen molar-refractivity contribution in [2.45, 2.75) is 6.92 Å². The molecule has 0 atom stereocenters. The van der Waals surface area contributed by atoms with Gasteiger partial charge in [-0.2, -0.15) is 0 Å². The number of nitrogen functional groups attached to an aromatic ring is 1. The summed E-state index contributed by atoms with van der Waals surface area (Å²) in [4.78, 5) is 4.40. The van der Waals surface area contributed by atoms with E-state index in [0.717, 1.165) is 27.6 Å². The number of rotatable bonds is 2. The average molecular weight is 261 g/mol. The number of nitrogens with one attached hydrogen (secondary N) is 1. The Hall–Kier alpha value is -2.68. The molecule has 0 saturated heterocycles. The zero-order valence-corrected chi connectivity index (χ0v) is 11.2. The highest BCUT2D eigenvalue weighted by molar-refractivity contribution is 6.19. The van der Waals surface area contributed by atoms with Crippen LogP contribution in [-0.4, -0.2) is 10.7 Å². The van der Waals surface area contributed by atoms with Crippen LogP contribution in [0.4, 0.5) is 5.69 Å². The van der Waals surface area contributed by atoms with E-state index in [2.05, 4.69) is 4.98 Å². The molecule has 0 aliphatic carbocycles. The van der Waals surface area contributed by atoms with E-state index >= 15 is 0 Å². The third-order valence-corrected chi connectivity index (χ3v) is 3.38. The summed E-state index contributed by atoms with van der Waals surface area (Å²) < 4.78 is 0. The van der Waals surface area contributed by atoms with Crippen molar-refractivity contribution in [3.63, 3.8) is 0 Å². The molecule has 0 fully saturated rings. The molecule has 20 heavy (non-hydrogen) atoms. The molecule has 0 saturated carbocycles. The van der Waals surface area contributed by atoms with Gasteiger partial charge in [-0.15, -0.1) is 0 Å². The van der Waals surface area contributed by atoms with Crippen LogP contribution < -0.4 is 5.73 Å². The summed E-state index contributed by atoms with van der Waals surface area (Å²) in [5.41, 5.74) is 10.5. The van der Waals surface area contributed by atoms with Crippen molar-refractivity contribution >= 4 is 22.3 Å². The van der Waals surface area contributed by atoms with Crippen LogP contribution in [-0.2, 0) is 0 Å². The van der Waals surface area contributed by atoms with Gasteiger partial charge in [0, 0.05) is 28.4 Å². The van der Waals surface area contributed by atoms with Crippen molar-refractivity contribution in [3.05, 3.63) is 71.4 Å². The van der Waals surface area contributed by atoms with Gasteiger partial charge in [0.25, 0.3) is 0 Å². The molecule has 0 unspecified atom stereocenters. The summed E-state index contributed by atoms with van der Waals surface area (Å²) in [6.07, 6.45) is 1.75. The minimum atomic E-state index is 0.413. The lowest BCUT2D eigenvalue weighted by atomic mass is 9.97. The molecular formula is C17H15N3. The number of aromatic nitrogens is 1. The normalized spacial score (nSPS) is 10.7. The van der Waals surface area contributed by atoms with Crippen LogP contribution in [0.15, 0.2) is 54.7 Å². The summed E-state index contributed by atoms with van der Waals surface area (Å²) in [5.74, 6) is 0. The first-order valence-electron chi connectivity index (χ1n) is 6.46. The number of aryl methyl sites for hydroxylation is 1. The molecule has 98 valence electrons. The van der Waals surface area contributed by atoms with Gasteiger partial charge in [-0.05, 0) is 25.1 Å². The minimum Gasteiger partial charge on any atom is -0.398 e. The number of fused-ring (bicyclic) bond motifs is 1. The van der Waals surface area contributed by atoms with E-state index in [4.69, 9.17) is 11.1 Å². The maximum absolute atomic E-state index is 8.47. The fourth-order valence-corrected chi connectivity index (χ4v) is 2.34. The molecule has 2 aromatic carbocycles. The van der Waals surface area contributed by atoms with E-state index in [1.807, 2.05) is 55.5 Å². The van der Waals surface area contributed by atoms with Crippen LogP contribution in [0.1, 0.15) is 16.7 Å². The maximum Gasteiger partial charge on any atom is 0.0795 e. The van der Waals surface area contributed by atoms with Crippen LogP contribution in [0.2, 0.25) is 0 Å². The lowest BCUT2D eigenvalue weighted by Gasteiger charge is -2.10. The summed E-state index contributed by atoms with van der Waals surface area (Å²) in [6.45, 7) is 2.00. The summed E-state index contributed by atoms with van der Waals surface area (Å²) >= 11 is 0. The molecule has 0 amide bonds. The SMILES string of the molecule is Cc1ccc(N)c(C(=N)c2cccc3cccnc23)c1. The Balaban J connectivity index is 2.20. The second kappa shape index (κ2) is 4.78. The molecule has 3 N–H and O–H groups in total. The van der Waals surface area contributed by atoms with E-state index in [0.29, 0.717) is 11.4 Å². The first kappa shape index (κ1) is 12.4. The highest BCUT2D eigenvalue weighted by atomic mass is 14.7. The zero-order valence-electron chi connectivity index (χ0n) is 11.2. The van der Waals surface area contributed by atoms with Gasteiger partial charge in [0.05, 0.1) is 11.2 Å². The monoisotopic (exact) mass is 261 g/mol. The van der Waals surface area contributed by atoms with E-state index in [1.165, 1.54) is 0 Å². The van der Waals surface area contributed by atoms with E-state index < -0.39 is 0 Å². The van der Waals surface area contributed by atoms with Crippen molar-refractivity contribution < 1.29 is 0 Å². The Morgan fingerprint density at radius 3 is 2.70 bits per heavy atom. The molecule has 1 aromatic heterocycles. The van der Waals surface area contributed by atoms with Crippen molar-refractivity contribution in [1.29, 1.82) is 5.41 Å². The second-order valence-electron chi connectivity index (χ2n) is 4.85. The molecule has 3 nitrogen and oxygen atoms in total. The van der Waals surface area contributed by atoms with Crippen LogP contribution in [0, 0.1) is 12.3 Å². The van der Waals surface area contributed by atoms with Crippen LogP contribution in [0.3, 0.4) is 0 Å².